The van der Waals surface area contributed by atoms with Crippen LogP contribution in [-0.2, 0) is 19.1 Å². The highest BCUT2D eigenvalue weighted by Crippen LogP contribution is 2.67. The van der Waals surface area contributed by atoms with Crippen LogP contribution in [0.3, 0.4) is 0 Å². The Morgan fingerprint density at radius 1 is 1.09 bits per heavy atom. The van der Waals surface area contributed by atoms with E-state index < -0.39 is 28.4 Å². The number of carbonyl (C=O) groups excluding carboxylic acids is 1. The van der Waals surface area contributed by atoms with E-state index in [1.54, 1.807) is 0 Å². The van der Waals surface area contributed by atoms with E-state index in [9.17, 15) is 24.6 Å². The van der Waals surface area contributed by atoms with Gasteiger partial charge >= 0.3 is 17.9 Å². The second-order valence-corrected chi connectivity index (χ2v) is 9.16. The summed E-state index contributed by atoms with van der Waals surface area (Å²) in [4.78, 5) is 36.1. The lowest BCUT2D eigenvalue weighted by Crippen LogP contribution is -2.65. The van der Waals surface area contributed by atoms with E-state index in [2.05, 4.69) is 0 Å². The normalized spacial score (nSPS) is 42.3. The molecule has 3 atom stereocenters. The average Bonchev–Trinajstić information content (AvgIpc) is 2.44. The number of ether oxygens (including phenoxy) is 1. The molecule has 4 aliphatic rings. The average molecular weight is 436 g/mol. The van der Waals surface area contributed by atoms with Crippen LogP contribution < -0.4 is 0 Å². The van der Waals surface area contributed by atoms with Gasteiger partial charge in [0.05, 0.1) is 10.8 Å². The van der Waals surface area contributed by atoms with Crippen molar-refractivity contribution in [2.75, 3.05) is 0 Å². The Balaban J connectivity index is 1.97. The Hall–Kier alpha value is -0.860. The second kappa shape index (κ2) is 5.32. The van der Waals surface area contributed by atoms with Crippen molar-refractivity contribution in [1.82, 2.24) is 0 Å². The van der Waals surface area contributed by atoms with E-state index in [1.807, 2.05) is 29.5 Å². The van der Waals surface area contributed by atoms with Gasteiger partial charge in [-0.05, 0) is 38.0 Å². The van der Waals surface area contributed by atoms with Crippen LogP contribution in [0.15, 0.2) is 0 Å². The minimum atomic E-state index is -1.06. The molecule has 0 aromatic rings. The highest BCUT2D eigenvalue weighted by molar-refractivity contribution is 14.1. The topological polar surface area (TPSA) is 101 Å². The van der Waals surface area contributed by atoms with Crippen LogP contribution in [-0.4, -0.2) is 37.6 Å². The van der Waals surface area contributed by atoms with E-state index in [0.29, 0.717) is 25.7 Å². The number of hydrogen-bond acceptors (Lipinski definition) is 4. The number of rotatable bonds is 5. The van der Waals surface area contributed by atoms with Gasteiger partial charge in [0.2, 0.25) is 0 Å². The first kappa shape index (κ1) is 17.0. The third-order valence-corrected chi connectivity index (χ3v) is 7.25. The summed E-state index contributed by atoms with van der Waals surface area (Å²) < 4.78 is 5.49. The van der Waals surface area contributed by atoms with Gasteiger partial charge in [-0.15, -0.1) is 0 Å². The van der Waals surface area contributed by atoms with Gasteiger partial charge in [-0.2, -0.15) is 0 Å². The maximum Gasteiger partial charge on any atom is 0.319 e. The standard InChI is InChI=1S/C16H21IO6/c1-2-10(17)11(18)23-16-5-9-3-14(7-16,12(19)20)6-15(4-9,8-16)13(21)22/h9-10H,2-8H2,1H3,(H,19,20)(H,21,22). The summed E-state index contributed by atoms with van der Waals surface area (Å²) in [5, 5.41) is 19.5. The summed E-state index contributed by atoms with van der Waals surface area (Å²) >= 11 is 2.02. The molecule has 128 valence electrons. The van der Waals surface area contributed by atoms with E-state index in [1.165, 1.54) is 0 Å². The summed E-state index contributed by atoms with van der Waals surface area (Å²) in [6.45, 7) is 1.88. The molecule has 0 aliphatic heterocycles. The minimum absolute atomic E-state index is 0.000498. The van der Waals surface area contributed by atoms with Crippen molar-refractivity contribution in [3.05, 3.63) is 0 Å². The van der Waals surface area contributed by atoms with Crippen LogP contribution in [0.4, 0.5) is 0 Å². The molecular formula is C16H21IO6. The van der Waals surface area contributed by atoms with Crippen LogP contribution in [0.1, 0.15) is 51.9 Å². The largest absolute Gasteiger partial charge is 0.481 e. The van der Waals surface area contributed by atoms with Crippen LogP contribution in [0.2, 0.25) is 0 Å². The fourth-order valence-electron chi connectivity index (χ4n) is 5.38. The molecule has 4 rings (SSSR count). The molecule has 2 N–H and O–H groups in total. The summed E-state index contributed by atoms with van der Waals surface area (Å²) in [6.07, 6.45) is 2.88. The third-order valence-electron chi connectivity index (χ3n) is 5.86. The van der Waals surface area contributed by atoms with E-state index >= 15 is 0 Å². The molecule has 0 spiro atoms. The quantitative estimate of drug-likeness (QED) is 0.391. The van der Waals surface area contributed by atoms with Crippen molar-refractivity contribution in [2.45, 2.75) is 61.4 Å². The predicted octanol–water partition coefficient (Wildman–Crippen LogP) is 2.62. The SMILES string of the molecule is CCC(I)C(=O)OC12CC3CC(C(=O)O)(C1)CC(C(=O)O)(C3)C2. The number of esters is 1. The fraction of sp³-hybridized carbons (Fsp3) is 0.812. The van der Waals surface area contributed by atoms with Crippen molar-refractivity contribution in [1.29, 1.82) is 0 Å². The smallest absolute Gasteiger partial charge is 0.319 e. The second-order valence-electron chi connectivity index (χ2n) is 7.66. The summed E-state index contributed by atoms with van der Waals surface area (Å²) in [6, 6.07) is 0. The molecule has 0 aromatic carbocycles. The van der Waals surface area contributed by atoms with Gasteiger partial charge in [0.1, 0.15) is 9.53 Å². The Bertz CT molecular complexity index is 543. The monoisotopic (exact) mass is 436 g/mol. The Kier molecular flexibility index (Phi) is 3.93. The number of carbonyl (C=O) groups is 3. The highest BCUT2D eigenvalue weighted by Gasteiger charge is 2.69. The van der Waals surface area contributed by atoms with Crippen molar-refractivity contribution < 1.29 is 29.3 Å². The molecule has 7 heteroatoms. The minimum Gasteiger partial charge on any atom is -0.481 e. The fourth-order valence-corrected chi connectivity index (χ4v) is 5.51. The Morgan fingerprint density at radius 3 is 2.04 bits per heavy atom. The van der Waals surface area contributed by atoms with Crippen molar-refractivity contribution in [2.24, 2.45) is 16.7 Å². The van der Waals surface area contributed by atoms with E-state index in [-0.39, 0.29) is 35.1 Å². The number of alkyl halides is 1. The van der Waals surface area contributed by atoms with Crippen LogP contribution >= 0.6 is 22.6 Å². The zero-order chi connectivity index (χ0) is 17.0. The predicted molar refractivity (Wildman–Crippen MR) is 88.3 cm³/mol. The summed E-state index contributed by atoms with van der Waals surface area (Å²) in [5.41, 5.74) is -3.05. The van der Waals surface area contributed by atoms with E-state index in [0.717, 1.165) is 0 Å². The summed E-state index contributed by atoms with van der Waals surface area (Å²) in [7, 11) is 0. The number of hydrogen-bond donors (Lipinski definition) is 2. The first-order valence-corrected chi connectivity index (χ1v) is 9.24. The molecule has 6 nitrogen and oxygen atoms in total. The van der Waals surface area contributed by atoms with Crippen LogP contribution in [0.25, 0.3) is 0 Å². The van der Waals surface area contributed by atoms with Crippen LogP contribution in [0.5, 0.6) is 0 Å². The molecule has 0 heterocycles. The molecular weight excluding hydrogens is 415 g/mol. The molecule has 3 unspecified atom stereocenters. The molecule has 4 aliphatic carbocycles. The van der Waals surface area contributed by atoms with Crippen molar-refractivity contribution >= 4 is 40.5 Å². The van der Waals surface area contributed by atoms with Gasteiger partial charge < -0.3 is 14.9 Å². The van der Waals surface area contributed by atoms with Crippen molar-refractivity contribution in [3.8, 4) is 0 Å². The Labute approximate surface area is 148 Å². The maximum absolute atomic E-state index is 12.3. The maximum atomic E-state index is 12.3. The first-order chi connectivity index (χ1) is 10.7. The van der Waals surface area contributed by atoms with Crippen molar-refractivity contribution in [3.63, 3.8) is 0 Å². The molecule has 0 radical (unpaired) electrons. The van der Waals surface area contributed by atoms with Gasteiger partial charge in [0.25, 0.3) is 0 Å². The zero-order valence-electron chi connectivity index (χ0n) is 13.0. The molecule has 4 fully saturated rings. The van der Waals surface area contributed by atoms with Gasteiger partial charge in [0.15, 0.2) is 0 Å². The molecule has 0 amide bonds. The number of aliphatic carboxylic acids is 2. The highest BCUT2D eigenvalue weighted by atomic mass is 127. The first-order valence-electron chi connectivity index (χ1n) is 8.00. The summed E-state index contributed by atoms with van der Waals surface area (Å²) in [5.74, 6) is -2.25. The van der Waals surface area contributed by atoms with Gasteiger partial charge in [-0.25, -0.2) is 0 Å². The third kappa shape index (κ3) is 2.55. The molecule has 0 aromatic heterocycles. The Morgan fingerprint density at radius 2 is 1.61 bits per heavy atom. The van der Waals surface area contributed by atoms with Gasteiger partial charge in [0, 0.05) is 12.8 Å². The number of carboxylic acids is 2. The van der Waals surface area contributed by atoms with Gasteiger partial charge in [-0.3, -0.25) is 14.4 Å². The molecule has 0 saturated heterocycles. The number of carboxylic acid groups (broad SMARTS) is 2. The van der Waals surface area contributed by atoms with E-state index in [4.69, 9.17) is 4.74 Å². The number of halogens is 1. The molecule has 23 heavy (non-hydrogen) atoms. The lowest BCUT2D eigenvalue weighted by molar-refractivity contribution is -0.231. The van der Waals surface area contributed by atoms with Crippen LogP contribution in [0, 0.1) is 16.7 Å². The zero-order valence-corrected chi connectivity index (χ0v) is 15.2. The lowest BCUT2D eigenvalue weighted by Gasteiger charge is -2.62. The molecule has 4 bridgehead atoms. The van der Waals surface area contributed by atoms with Gasteiger partial charge in [-0.1, -0.05) is 29.5 Å². The molecule has 4 saturated carbocycles. The lowest BCUT2D eigenvalue weighted by atomic mass is 9.42.